The number of hydrogen-bond donors (Lipinski definition) is 3. The Balaban J connectivity index is 1.19. The fourth-order valence-corrected chi connectivity index (χ4v) is 6.70. The number of fused-ring (bicyclic) bond motifs is 2. The minimum atomic E-state index is -0.970. The van der Waals surface area contributed by atoms with Crippen LogP contribution in [0.25, 0.3) is 0 Å². The number of carbonyl (C=O) groups excluding carboxylic acids is 4. The molecule has 192 valence electrons. The standard InChI is InChI=1S/C28H23ClN4O4S/c29-19-8-5-16(6-9-19)23-12-25(35)33(21-3-1-2-4-22(21)38-23)15-24(34)30-20-10-7-17-13-28(14-18(17)11-20)26(36)31-27(37)32-28/h1-11,23H,12-15H2,(H,30,34)(H2,31,32,36,37). The minimum absolute atomic E-state index is 0.105. The molecule has 2 unspecified atom stereocenters. The van der Waals surface area contributed by atoms with Crippen LogP contribution in [0, 0.1) is 0 Å². The summed E-state index contributed by atoms with van der Waals surface area (Å²) in [5.41, 5.74) is 3.13. The van der Waals surface area contributed by atoms with E-state index < -0.39 is 11.6 Å². The van der Waals surface area contributed by atoms with Crippen LogP contribution >= 0.6 is 23.4 Å². The molecule has 3 aliphatic rings. The van der Waals surface area contributed by atoms with Crippen molar-refractivity contribution in [2.24, 2.45) is 0 Å². The quantitative estimate of drug-likeness (QED) is 0.425. The summed E-state index contributed by atoms with van der Waals surface area (Å²) in [5.74, 6) is -0.809. The molecule has 2 aliphatic heterocycles. The number of nitrogens with zero attached hydrogens (tertiary/aromatic N) is 1. The summed E-state index contributed by atoms with van der Waals surface area (Å²) in [7, 11) is 0. The highest BCUT2D eigenvalue weighted by molar-refractivity contribution is 7.99. The number of amides is 5. The normalized spacial score (nSPS) is 22.0. The number of halogens is 1. The van der Waals surface area contributed by atoms with Crippen LogP contribution in [0.5, 0.6) is 0 Å². The molecule has 38 heavy (non-hydrogen) atoms. The van der Waals surface area contributed by atoms with Gasteiger partial charge in [-0.3, -0.25) is 19.7 Å². The fraction of sp³-hybridized carbons (Fsp3) is 0.214. The Bertz CT molecular complexity index is 1490. The van der Waals surface area contributed by atoms with E-state index in [1.807, 2.05) is 60.7 Å². The zero-order valence-corrected chi connectivity index (χ0v) is 21.7. The minimum Gasteiger partial charge on any atom is -0.325 e. The van der Waals surface area contributed by atoms with E-state index in [0.29, 0.717) is 29.2 Å². The molecule has 0 bridgehead atoms. The highest BCUT2D eigenvalue weighted by Gasteiger charge is 2.50. The van der Waals surface area contributed by atoms with Gasteiger partial charge in [-0.25, -0.2) is 4.79 Å². The Morgan fingerprint density at radius 2 is 1.79 bits per heavy atom. The molecule has 8 nitrogen and oxygen atoms in total. The second kappa shape index (κ2) is 9.49. The van der Waals surface area contributed by atoms with E-state index in [4.69, 9.17) is 11.6 Å². The van der Waals surface area contributed by atoms with Gasteiger partial charge in [-0.1, -0.05) is 41.9 Å². The molecule has 3 aromatic carbocycles. The van der Waals surface area contributed by atoms with Crippen LogP contribution in [0.3, 0.4) is 0 Å². The second-order valence-electron chi connectivity index (χ2n) is 9.69. The predicted octanol–water partition coefficient (Wildman–Crippen LogP) is 4.23. The molecule has 6 rings (SSSR count). The van der Waals surface area contributed by atoms with Gasteiger partial charge >= 0.3 is 6.03 Å². The number of carbonyl (C=O) groups is 4. The van der Waals surface area contributed by atoms with Crippen LogP contribution < -0.4 is 20.9 Å². The van der Waals surface area contributed by atoms with Gasteiger partial charge in [-0.15, -0.1) is 11.8 Å². The van der Waals surface area contributed by atoms with Gasteiger partial charge in [0.1, 0.15) is 12.1 Å². The topological polar surface area (TPSA) is 108 Å². The van der Waals surface area contributed by atoms with Gasteiger partial charge < -0.3 is 15.5 Å². The number of imide groups is 1. The zero-order chi connectivity index (χ0) is 26.4. The molecule has 1 spiro atoms. The van der Waals surface area contributed by atoms with E-state index in [-0.39, 0.29) is 35.9 Å². The maximum atomic E-state index is 13.4. The first-order chi connectivity index (χ1) is 18.3. The van der Waals surface area contributed by atoms with E-state index in [2.05, 4.69) is 16.0 Å². The number of para-hydroxylation sites is 1. The lowest BCUT2D eigenvalue weighted by Crippen LogP contribution is -2.47. The summed E-state index contributed by atoms with van der Waals surface area (Å²) >= 11 is 7.65. The van der Waals surface area contributed by atoms with Crippen molar-refractivity contribution in [3.05, 3.63) is 88.4 Å². The summed E-state index contributed by atoms with van der Waals surface area (Å²) in [6.45, 7) is -0.136. The molecule has 0 aromatic heterocycles. The average molecular weight is 547 g/mol. The van der Waals surface area contributed by atoms with Crippen LogP contribution in [0.4, 0.5) is 16.2 Å². The smallest absolute Gasteiger partial charge is 0.322 e. The Kier molecular flexibility index (Phi) is 6.12. The Morgan fingerprint density at radius 3 is 2.55 bits per heavy atom. The van der Waals surface area contributed by atoms with Crippen LogP contribution in [0.1, 0.15) is 28.4 Å². The first-order valence-electron chi connectivity index (χ1n) is 12.2. The van der Waals surface area contributed by atoms with Gasteiger partial charge in [0.05, 0.1) is 5.69 Å². The lowest BCUT2D eigenvalue weighted by molar-refractivity contribution is -0.123. The molecule has 10 heteroatoms. The summed E-state index contributed by atoms with van der Waals surface area (Å²) in [6, 6.07) is 20.0. The van der Waals surface area contributed by atoms with Crippen molar-refractivity contribution in [2.75, 3.05) is 16.8 Å². The third kappa shape index (κ3) is 4.52. The first kappa shape index (κ1) is 24.5. The Morgan fingerprint density at radius 1 is 1.03 bits per heavy atom. The van der Waals surface area contributed by atoms with Crippen LogP contribution in [0.2, 0.25) is 5.02 Å². The SMILES string of the molecule is O=C(CN1C(=O)CC(c2ccc(Cl)cc2)Sc2ccccc21)Nc1ccc2c(c1)CC1(C2)NC(=O)NC1=O. The number of thioether (sulfide) groups is 1. The molecule has 5 amide bonds. The molecule has 3 N–H and O–H groups in total. The van der Waals surface area contributed by atoms with Crippen molar-refractivity contribution in [2.45, 2.75) is 34.9 Å². The molecule has 1 fully saturated rings. The number of urea groups is 1. The molecule has 0 radical (unpaired) electrons. The van der Waals surface area contributed by atoms with Gasteiger partial charge in [0, 0.05) is 40.1 Å². The number of rotatable bonds is 4. The first-order valence-corrected chi connectivity index (χ1v) is 13.4. The summed E-state index contributed by atoms with van der Waals surface area (Å²) in [5, 5.41) is 8.47. The zero-order valence-electron chi connectivity index (χ0n) is 20.1. The predicted molar refractivity (Wildman–Crippen MR) is 145 cm³/mol. The lowest BCUT2D eigenvalue weighted by Gasteiger charge is -2.22. The molecular weight excluding hydrogens is 524 g/mol. The summed E-state index contributed by atoms with van der Waals surface area (Å²) < 4.78 is 0. The fourth-order valence-electron chi connectivity index (χ4n) is 5.29. The highest BCUT2D eigenvalue weighted by Crippen LogP contribution is 2.45. The van der Waals surface area contributed by atoms with Crippen LogP contribution in [0.15, 0.2) is 71.6 Å². The van der Waals surface area contributed by atoms with Crippen molar-refractivity contribution < 1.29 is 19.2 Å². The number of anilines is 2. The molecule has 3 aromatic rings. The molecule has 1 saturated heterocycles. The van der Waals surface area contributed by atoms with Crippen molar-refractivity contribution in [3.8, 4) is 0 Å². The van der Waals surface area contributed by atoms with Gasteiger partial charge in [-0.05, 0) is 53.1 Å². The van der Waals surface area contributed by atoms with Gasteiger partial charge in [0.25, 0.3) is 5.91 Å². The molecular formula is C28H23ClN4O4S. The number of hydrogen-bond acceptors (Lipinski definition) is 5. The molecule has 2 heterocycles. The number of benzene rings is 3. The second-order valence-corrected chi connectivity index (χ2v) is 11.4. The molecule has 0 saturated carbocycles. The highest BCUT2D eigenvalue weighted by atomic mass is 35.5. The van der Waals surface area contributed by atoms with Crippen molar-refractivity contribution in [1.82, 2.24) is 10.6 Å². The maximum Gasteiger partial charge on any atom is 0.322 e. The molecule has 1 aliphatic carbocycles. The largest absolute Gasteiger partial charge is 0.325 e. The third-order valence-electron chi connectivity index (χ3n) is 7.12. The van der Waals surface area contributed by atoms with Gasteiger partial charge in [0.2, 0.25) is 11.8 Å². The van der Waals surface area contributed by atoms with Crippen LogP contribution in [-0.2, 0) is 27.2 Å². The molecule has 2 atom stereocenters. The lowest BCUT2D eigenvalue weighted by atomic mass is 9.96. The summed E-state index contributed by atoms with van der Waals surface area (Å²) in [6.07, 6.45) is 0.994. The Labute approximate surface area is 228 Å². The van der Waals surface area contributed by atoms with E-state index >= 15 is 0 Å². The number of nitrogens with one attached hydrogen (secondary N) is 3. The Hall–Kier alpha value is -3.82. The van der Waals surface area contributed by atoms with E-state index in [1.165, 1.54) is 4.90 Å². The monoisotopic (exact) mass is 546 g/mol. The van der Waals surface area contributed by atoms with Crippen LogP contribution in [-0.4, -0.2) is 35.8 Å². The van der Waals surface area contributed by atoms with Gasteiger partial charge in [0.15, 0.2) is 0 Å². The van der Waals surface area contributed by atoms with E-state index in [0.717, 1.165) is 21.6 Å². The van der Waals surface area contributed by atoms with Gasteiger partial charge in [-0.2, -0.15) is 0 Å². The summed E-state index contributed by atoms with van der Waals surface area (Å²) in [4.78, 5) is 53.0. The van der Waals surface area contributed by atoms with Crippen molar-refractivity contribution in [3.63, 3.8) is 0 Å². The van der Waals surface area contributed by atoms with E-state index in [1.54, 1.807) is 17.8 Å². The maximum absolute atomic E-state index is 13.4. The van der Waals surface area contributed by atoms with E-state index in [9.17, 15) is 19.2 Å². The third-order valence-corrected chi connectivity index (χ3v) is 8.69. The van der Waals surface area contributed by atoms with Crippen molar-refractivity contribution in [1.29, 1.82) is 0 Å². The van der Waals surface area contributed by atoms with Crippen molar-refractivity contribution >= 4 is 58.5 Å². The average Bonchev–Trinajstić information content (AvgIpc) is 3.34.